The molecule has 2 aliphatic rings. The normalized spacial score (nSPS) is 24.9. The standard InChI is InChI=1S/C11H11NS/c1-2-4-10-8(3-1)5-6-9-7-12-13-11(9)10/h1-5,9,12H,6-7H2. The summed E-state index contributed by atoms with van der Waals surface area (Å²) >= 11 is 1.82. The summed E-state index contributed by atoms with van der Waals surface area (Å²) in [6.07, 6.45) is 3.56. The van der Waals surface area contributed by atoms with Gasteiger partial charge >= 0.3 is 0 Å². The van der Waals surface area contributed by atoms with E-state index in [2.05, 4.69) is 35.1 Å². The van der Waals surface area contributed by atoms with E-state index in [0.717, 1.165) is 12.5 Å². The maximum atomic E-state index is 3.36. The largest absolute Gasteiger partial charge is 0.259 e. The molecule has 1 aliphatic carbocycles. The summed E-state index contributed by atoms with van der Waals surface area (Å²) in [6.45, 7) is 1.13. The molecule has 0 amide bonds. The van der Waals surface area contributed by atoms with Gasteiger partial charge < -0.3 is 0 Å². The SMILES string of the molecule is C1=c2ccccc2=C2SNCC2C1. The third-order valence-electron chi connectivity index (χ3n) is 2.73. The van der Waals surface area contributed by atoms with E-state index in [1.165, 1.54) is 21.8 Å². The van der Waals surface area contributed by atoms with Crippen molar-refractivity contribution in [2.24, 2.45) is 5.92 Å². The van der Waals surface area contributed by atoms with E-state index in [1.807, 2.05) is 11.9 Å². The molecule has 3 rings (SSSR count). The van der Waals surface area contributed by atoms with Gasteiger partial charge in [-0.3, -0.25) is 4.72 Å². The van der Waals surface area contributed by atoms with Gasteiger partial charge in [-0.25, -0.2) is 0 Å². The van der Waals surface area contributed by atoms with Crippen LogP contribution in [0.3, 0.4) is 0 Å². The van der Waals surface area contributed by atoms with Crippen molar-refractivity contribution < 1.29 is 0 Å². The Morgan fingerprint density at radius 1 is 1.31 bits per heavy atom. The summed E-state index contributed by atoms with van der Waals surface area (Å²) < 4.78 is 3.36. The number of rotatable bonds is 0. The first-order valence-corrected chi connectivity index (χ1v) is 5.46. The van der Waals surface area contributed by atoms with E-state index in [0.29, 0.717) is 0 Å². The number of hydrogen-bond acceptors (Lipinski definition) is 2. The molecule has 0 saturated carbocycles. The maximum absolute atomic E-state index is 3.36. The van der Waals surface area contributed by atoms with Crippen LogP contribution in [0.2, 0.25) is 0 Å². The minimum absolute atomic E-state index is 0.736. The molecule has 1 fully saturated rings. The molecule has 0 radical (unpaired) electrons. The van der Waals surface area contributed by atoms with Crippen LogP contribution in [-0.4, -0.2) is 6.54 Å². The van der Waals surface area contributed by atoms with Crippen molar-refractivity contribution >= 4 is 22.9 Å². The molecule has 66 valence electrons. The van der Waals surface area contributed by atoms with E-state index in [9.17, 15) is 0 Å². The second-order valence-corrected chi connectivity index (χ2v) is 4.47. The van der Waals surface area contributed by atoms with Gasteiger partial charge in [-0.2, -0.15) is 0 Å². The minimum Gasteiger partial charge on any atom is -0.259 e. The first-order chi connectivity index (χ1) is 6.45. The quantitative estimate of drug-likeness (QED) is 0.607. The number of nitrogens with one attached hydrogen (secondary N) is 1. The van der Waals surface area contributed by atoms with Crippen LogP contribution in [0.1, 0.15) is 6.42 Å². The zero-order chi connectivity index (χ0) is 8.67. The van der Waals surface area contributed by atoms with Gasteiger partial charge in [-0.15, -0.1) is 0 Å². The molecule has 1 unspecified atom stereocenters. The molecule has 1 atom stereocenters. The highest BCUT2D eigenvalue weighted by molar-refractivity contribution is 8.06. The minimum atomic E-state index is 0.736. The van der Waals surface area contributed by atoms with E-state index in [-0.39, 0.29) is 0 Å². The van der Waals surface area contributed by atoms with E-state index < -0.39 is 0 Å². The first kappa shape index (κ1) is 7.65. The molecule has 1 aliphatic heterocycles. The zero-order valence-electron chi connectivity index (χ0n) is 7.29. The third kappa shape index (κ3) is 1.13. The topological polar surface area (TPSA) is 12.0 Å². The lowest BCUT2D eigenvalue weighted by Crippen LogP contribution is -2.30. The highest BCUT2D eigenvalue weighted by atomic mass is 32.2. The lowest BCUT2D eigenvalue weighted by molar-refractivity contribution is 0.709. The van der Waals surface area contributed by atoms with E-state index in [4.69, 9.17) is 0 Å². The molecular formula is C11H11NS. The summed E-state index contributed by atoms with van der Waals surface area (Å²) in [5.74, 6) is 0.736. The molecule has 1 N–H and O–H groups in total. The Hall–Kier alpha value is -0.730. The fourth-order valence-corrected chi connectivity index (χ4v) is 3.11. The van der Waals surface area contributed by atoms with Gasteiger partial charge in [0.05, 0.1) is 0 Å². The average Bonchev–Trinajstić information content (AvgIpc) is 2.65. The Morgan fingerprint density at radius 3 is 3.23 bits per heavy atom. The van der Waals surface area contributed by atoms with Crippen molar-refractivity contribution in [3.63, 3.8) is 0 Å². The first-order valence-electron chi connectivity index (χ1n) is 4.64. The van der Waals surface area contributed by atoms with Gasteiger partial charge in [-0.05, 0) is 28.8 Å². The van der Waals surface area contributed by atoms with Crippen LogP contribution in [0, 0.1) is 5.92 Å². The van der Waals surface area contributed by atoms with Crippen molar-refractivity contribution in [3.05, 3.63) is 34.7 Å². The van der Waals surface area contributed by atoms with E-state index >= 15 is 0 Å². The molecule has 1 aromatic carbocycles. The Balaban J connectivity index is 2.38. The summed E-state index contributed by atoms with van der Waals surface area (Å²) in [4.78, 5) is 1.54. The van der Waals surface area contributed by atoms with Crippen molar-refractivity contribution in [1.82, 2.24) is 4.72 Å². The van der Waals surface area contributed by atoms with E-state index in [1.54, 1.807) is 0 Å². The average molecular weight is 189 g/mol. The molecule has 1 nitrogen and oxygen atoms in total. The van der Waals surface area contributed by atoms with Crippen molar-refractivity contribution in [3.8, 4) is 0 Å². The summed E-state index contributed by atoms with van der Waals surface area (Å²) in [7, 11) is 0. The Morgan fingerprint density at radius 2 is 2.23 bits per heavy atom. The summed E-state index contributed by atoms with van der Waals surface area (Å²) in [6, 6.07) is 8.68. The fourth-order valence-electron chi connectivity index (χ4n) is 2.03. The van der Waals surface area contributed by atoms with Gasteiger partial charge in [0.2, 0.25) is 0 Å². The molecule has 0 bridgehead atoms. The number of benzene rings is 1. The maximum Gasteiger partial charge on any atom is 0.0139 e. The van der Waals surface area contributed by atoms with Crippen LogP contribution in [0.4, 0.5) is 0 Å². The second-order valence-electron chi connectivity index (χ2n) is 3.54. The van der Waals surface area contributed by atoms with Crippen LogP contribution >= 0.6 is 11.9 Å². The zero-order valence-corrected chi connectivity index (χ0v) is 8.10. The Bertz CT molecular complexity index is 449. The summed E-state index contributed by atoms with van der Waals surface area (Å²) in [5, 5.41) is 2.85. The Labute approximate surface area is 81.7 Å². The monoisotopic (exact) mass is 189 g/mol. The Kier molecular flexibility index (Phi) is 1.70. The molecule has 2 heteroatoms. The smallest absolute Gasteiger partial charge is 0.0139 e. The molecule has 1 aromatic rings. The molecule has 1 saturated heterocycles. The highest BCUT2D eigenvalue weighted by Crippen LogP contribution is 2.32. The van der Waals surface area contributed by atoms with Crippen LogP contribution in [0.5, 0.6) is 0 Å². The van der Waals surface area contributed by atoms with Crippen LogP contribution < -0.4 is 15.2 Å². The number of hydrogen-bond donors (Lipinski definition) is 1. The van der Waals surface area contributed by atoms with Crippen LogP contribution in [-0.2, 0) is 0 Å². The predicted octanol–water partition coefficient (Wildman–Crippen LogP) is 0.847. The van der Waals surface area contributed by atoms with Crippen molar-refractivity contribution in [2.45, 2.75) is 6.42 Å². The van der Waals surface area contributed by atoms with Gasteiger partial charge in [-0.1, -0.05) is 30.3 Å². The molecular weight excluding hydrogens is 178 g/mol. The molecule has 13 heavy (non-hydrogen) atoms. The lowest BCUT2D eigenvalue weighted by Gasteiger charge is -2.11. The van der Waals surface area contributed by atoms with Crippen LogP contribution in [0.25, 0.3) is 11.0 Å². The highest BCUT2D eigenvalue weighted by Gasteiger charge is 2.23. The van der Waals surface area contributed by atoms with Crippen LogP contribution in [0.15, 0.2) is 24.3 Å². The predicted molar refractivity (Wildman–Crippen MR) is 57.3 cm³/mol. The second kappa shape index (κ2) is 2.89. The van der Waals surface area contributed by atoms with Gasteiger partial charge in [0.25, 0.3) is 0 Å². The molecule has 0 aromatic heterocycles. The molecule has 0 spiro atoms. The fraction of sp³-hybridized carbons (Fsp3) is 0.273. The van der Waals surface area contributed by atoms with Crippen molar-refractivity contribution in [2.75, 3.05) is 6.54 Å². The van der Waals surface area contributed by atoms with Gasteiger partial charge in [0.1, 0.15) is 0 Å². The number of fused-ring (bicyclic) bond motifs is 2. The third-order valence-corrected chi connectivity index (χ3v) is 3.82. The van der Waals surface area contributed by atoms with Gasteiger partial charge in [0, 0.05) is 17.4 Å². The van der Waals surface area contributed by atoms with Crippen molar-refractivity contribution in [1.29, 1.82) is 0 Å². The summed E-state index contributed by atoms with van der Waals surface area (Å²) in [5.41, 5.74) is 0. The van der Waals surface area contributed by atoms with Gasteiger partial charge in [0.15, 0.2) is 0 Å². The molecule has 1 heterocycles. The lowest BCUT2D eigenvalue weighted by atomic mass is 9.97.